The molecule has 3 fully saturated rings. The lowest BCUT2D eigenvalue weighted by atomic mass is 9.95. The molecule has 1 aliphatic heterocycles. The fourth-order valence-corrected chi connectivity index (χ4v) is 4.37. The molecule has 4 nitrogen and oxygen atoms in total. The zero-order valence-corrected chi connectivity index (χ0v) is 12.1. The third-order valence-corrected chi connectivity index (χ3v) is 5.61. The molecule has 3 atom stereocenters. The monoisotopic (exact) mass is 281 g/mol. The second-order valence-electron chi connectivity index (χ2n) is 6.39. The number of likely N-dealkylation sites (tertiary alicyclic amines) is 1. The Morgan fingerprint density at radius 3 is 2.42 bits per heavy atom. The summed E-state index contributed by atoms with van der Waals surface area (Å²) in [7, 11) is 0. The molecule has 0 aromatic heterocycles. The fourth-order valence-electron chi connectivity index (χ4n) is 4.04. The van der Waals surface area contributed by atoms with Crippen molar-refractivity contribution in [1.82, 2.24) is 10.2 Å². The minimum Gasteiger partial charge on any atom is -0.369 e. The van der Waals surface area contributed by atoms with Crippen LogP contribution in [0, 0.1) is 17.8 Å². The molecule has 106 valence electrons. The van der Waals surface area contributed by atoms with Crippen molar-refractivity contribution in [3.63, 3.8) is 0 Å². The molecule has 0 spiro atoms. The zero-order chi connectivity index (χ0) is 13.4. The first-order valence-electron chi connectivity index (χ1n) is 7.48. The van der Waals surface area contributed by atoms with Crippen molar-refractivity contribution in [3.8, 4) is 0 Å². The Bertz CT molecular complexity index is 379. The smallest absolute Gasteiger partial charge is 0.220 e. The van der Waals surface area contributed by atoms with Crippen LogP contribution >= 0.6 is 12.2 Å². The first kappa shape index (κ1) is 13.2. The number of fused-ring (bicyclic) bond motifs is 2. The molecule has 1 saturated heterocycles. The molecule has 1 heterocycles. The lowest BCUT2D eigenvalue weighted by Crippen LogP contribution is -2.50. The molecule has 0 aromatic carbocycles. The van der Waals surface area contributed by atoms with E-state index in [1.807, 2.05) is 0 Å². The topological polar surface area (TPSA) is 58.4 Å². The first-order valence-corrected chi connectivity index (χ1v) is 7.89. The number of hydrogen-bond donors (Lipinski definition) is 2. The second kappa shape index (κ2) is 5.27. The highest BCUT2D eigenvalue weighted by molar-refractivity contribution is 7.80. The Kier molecular flexibility index (Phi) is 3.65. The summed E-state index contributed by atoms with van der Waals surface area (Å²) in [6, 6.07) is 0.597. The van der Waals surface area contributed by atoms with Gasteiger partial charge in [0.05, 0.1) is 0 Å². The Morgan fingerprint density at radius 1 is 1.16 bits per heavy atom. The zero-order valence-electron chi connectivity index (χ0n) is 11.3. The number of hydrogen-bond acceptors (Lipinski definition) is 2. The van der Waals surface area contributed by atoms with Crippen molar-refractivity contribution in [1.29, 1.82) is 0 Å². The molecule has 3 N–H and O–H groups in total. The maximum atomic E-state index is 11.2. The molecule has 0 radical (unpaired) electrons. The van der Waals surface area contributed by atoms with Crippen LogP contribution in [0.25, 0.3) is 0 Å². The van der Waals surface area contributed by atoms with E-state index in [1.54, 1.807) is 0 Å². The Hall–Kier alpha value is -0.840. The number of rotatable bonds is 2. The minimum atomic E-state index is -0.161. The van der Waals surface area contributed by atoms with Gasteiger partial charge in [0.15, 0.2) is 5.11 Å². The number of nitrogens with two attached hydrogens (primary N) is 1. The lowest BCUT2D eigenvalue weighted by molar-refractivity contribution is -0.122. The standard InChI is InChI=1S/C14H23N3OS/c15-13(18)10-3-5-17(6-4-10)14(19)16-12-8-9-1-2-11(12)7-9/h9-12H,1-8H2,(H2,15,18)(H,16,19)/t9-,11+,12+/m1/s1. The van der Waals surface area contributed by atoms with Crippen LogP contribution in [0.2, 0.25) is 0 Å². The molecule has 5 heteroatoms. The van der Waals surface area contributed by atoms with E-state index in [0.717, 1.165) is 42.9 Å². The maximum absolute atomic E-state index is 11.2. The van der Waals surface area contributed by atoms with Crippen LogP contribution in [0.5, 0.6) is 0 Å². The third kappa shape index (κ3) is 2.71. The maximum Gasteiger partial charge on any atom is 0.220 e. The van der Waals surface area contributed by atoms with Crippen molar-refractivity contribution >= 4 is 23.2 Å². The molecule has 19 heavy (non-hydrogen) atoms. The van der Waals surface area contributed by atoms with E-state index in [-0.39, 0.29) is 11.8 Å². The number of thiocarbonyl (C=S) groups is 1. The van der Waals surface area contributed by atoms with Crippen molar-refractivity contribution in [2.75, 3.05) is 13.1 Å². The van der Waals surface area contributed by atoms with Crippen LogP contribution in [0.15, 0.2) is 0 Å². The van der Waals surface area contributed by atoms with Crippen LogP contribution in [0.1, 0.15) is 38.5 Å². The number of nitrogens with one attached hydrogen (secondary N) is 1. The Morgan fingerprint density at radius 2 is 1.89 bits per heavy atom. The van der Waals surface area contributed by atoms with Crippen LogP contribution < -0.4 is 11.1 Å². The van der Waals surface area contributed by atoms with Crippen LogP contribution in [0.4, 0.5) is 0 Å². The third-order valence-electron chi connectivity index (χ3n) is 5.23. The average molecular weight is 281 g/mol. The van der Waals surface area contributed by atoms with E-state index in [4.69, 9.17) is 18.0 Å². The number of nitrogens with zero attached hydrogens (tertiary/aromatic N) is 1. The molecule has 2 saturated carbocycles. The number of piperidine rings is 1. The van der Waals surface area contributed by atoms with Crippen molar-refractivity contribution in [2.24, 2.45) is 23.5 Å². The molecule has 3 aliphatic rings. The molecule has 0 aromatic rings. The van der Waals surface area contributed by atoms with Gasteiger partial charge in [-0.3, -0.25) is 4.79 Å². The molecule has 1 amide bonds. The fraction of sp³-hybridized carbons (Fsp3) is 0.857. The molecular formula is C14H23N3OS. The summed E-state index contributed by atoms with van der Waals surface area (Å²) in [6.07, 6.45) is 7.16. The SMILES string of the molecule is NC(=O)C1CCN(C(=S)N[C@H]2C[C@@H]3CC[C@H]2C3)CC1. The van der Waals surface area contributed by atoms with E-state index < -0.39 is 0 Å². The minimum absolute atomic E-state index is 0.0431. The van der Waals surface area contributed by atoms with Crippen molar-refractivity contribution < 1.29 is 4.79 Å². The average Bonchev–Trinajstić information content (AvgIpc) is 3.01. The predicted octanol–water partition coefficient (Wildman–Crippen LogP) is 1.25. The summed E-state index contributed by atoms with van der Waals surface area (Å²) in [5.41, 5.74) is 5.36. The van der Waals surface area contributed by atoms with E-state index in [9.17, 15) is 4.79 Å². The summed E-state index contributed by atoms with van der Waals surface area (Å²) in [5.74, 6) is 1.66. The highest BCUT2D eigenvalue weighted by atomic mass is 32.1. The van der Waals surface area contributed by atoms with E-state index in [1.165, 1.54) is 25.7 Å². The van der Waals surface area contributed by atoms with E-state index in [2.05, 4.69) is 10.2 Å². The van der Waals surface area contributed by atoms with Crippen molar-refractivity contribution in [2.45, 2.75) is 44.6 Å². The molecular weight excluding hydrogens is 258 g/mol. The Labute approximate surface area is 120 Å². The van der Waals surface area contributed by atoms with Gasteiger partial charge in [0.25, 0.3) is 0 Å². The largest absolute Gasteiger partial charge is 0.369 e. The van der Waals surface area contributed by atoms with E-state index >= 15 is 0 Å². The highest BCUT2D eigenvalue weighted by Crippen LogP contribution is 2.44. The summed E-state index contributed by atoms with van der Waals surface area (Å²) in [6.45, 7) is 1.72. The van der Waals surface area contributed by atoms with Gasteiger partial charge in [-0.25, -0.2) is 0 Å². The van der Waals surface area contributed by atoms with Gasteiger partial charge in [0.2, 0.25) is 5.91 Å². The van der Waals surface area contributed by atoms with E-state index in [0.29, 0.717) is 6.04 Å². The quantitative estimate of drug-likeness (QED) is 0.748. The number of amides is 1. The van der Waals surface area contributed by atoms with Crippen molar-refractivity contribution in [3.05, 3.63) is 0 Å². The second-order valence-corrected chi connectivity index (χ2v) is 6.78. The predicted molar refractivity (Wildman–Crippen MR) is 78.5 cm³/mol. The van der Waals surface area contributed by atoms with Gasteiger partial charge in [-0.1, -0.05) is 6.42 Å². The normalized spacial score (nSPS) is 34.5. The Balaban J connectivity index is 1.48. The van der Waals surface area contributed by atoms with Gasteiger partial charge in [-0.2, -0.15) is 0 Å². The van der Waals surface area contributed by atoms with Gasteiger partial charge in [-0.05, 0) is 56.2 Å². The number of carbonyl (C=O) groups excluding carboxylic acids is 1. The van der Waals surface area contributed by atoms with Gasteiger partial charge < -0.3 is 16.0 Å². The summed E-state index contributed by atoms with van der Waals surface area (Å²) in [5, 5.41) is 4.45. The summed E-state index contributed by atoms with van der Waals surface area (Å²) >= 11 is 5.53. The van der Waals surface area contributed by atoms with Crippen LogP contribution in [0.3, 0.4) is 0 Å². The highest BCUT2D eigenvalue weighted by Gasteiger charge is 2.40. The van der Waals surface area contributed by atoms with Crippen LogP contribution in [-0.2, 0) is 4.79 Å². The summed E-state index contributed by atoms with van der Waals surface area (Å²) < 4.78 is 0. The first-order chi connectivity index (χ1) is 9.13. The molecule has 3 rings (SSSR count). The van der Waals surface area contributed by atoms with Gasteiger partial charge >= 0.3 is 0 Å². The van der Waals surface area contributed by atoms with Gasteiger partial charge in [-0.15, -0.1) is 0 Å². The lowest BCUT2D eigenvalue weighted by Gasteiger charge is -2.35. The molecule has 2 aliphatic carbocycles. The molecule has 2 bridgehead atoms. The summed E-state index contributed by atoms with van der Waals surface area (Å²) in [4.78, 5) is 13.4. The number of primary amides is 1. The molecule has 0 unspecified atom stereocenters. The van der Waals surface area contributed by atoms with Gasteiger partial charge in [0.1, 0.15) is 0 Å². The van der Waals surface area contributed by atoms with Crippen LogP contribution in [-0.4, -0.2) is 35.1 Å². The van der Waals surface area contributed by atoms with Gasteiger partial charge in [0, 0.05) is 25.0 Å². The number of carbonyl (C=O) groups is 1.